The molecular formula is C15H18ClNO4. The van der Waals surface area contributed by atoms with Gasteiger partial charge in [-0.15, -0.1) is 0 Å². The number of hydrogen-bond donors (Lipinski definition) is 1. The fraction of sp³-hybridized carbons (Fsp3) is 0.467. The average molecular weight is 312 g/mol. The summed E-state index contributed by atoms with van der Waals surface area (Å²) in [5.41, 5.74) is 0.386. The number of likely N-dealkylation sites (tertiary alicyclic amines) is 1. The molecule has 1 fully saturated rings. The number of aliphatic carboxylic acids is 1. The highest BCUT2D eigenvalue weighted by atomic mass is 35.5. The molecule has 21 heavy (non-hydrogen) atoms. The first-order valence-corrected chi connectivity index (χ1v) is 7.38. The summed E-state index contributed by atoms with van der Waals surface area (Å²) < 4.78 is 5.45. The van der Waals surface area contributed by atoms with Crippen LogP contribution < -0.4 is 4.74 Å². The second-order valence-corrected chi connectivity index (χ2v) is 5.40. The molecule has 1 saturated heterocycles. The van der Waals surface area contributed by atoms with Crippen molar-refractivity contribution >= 4 is 23.5 Å². The monoisotopic (exact) mass is 311 g/mol. The minimum atomic E-state index is -0.963. The van der Waals surface area contributed by atoms with E-state index in [-0.39, 0.29) is 5.91 Å². The number of nitrogens with zero attached hydrogens (tertiary/aromatic N) is 1. The van der Waals surface area contributed by atoms with E-state index in [1.165, 1.54) is 11.0 Å². The molecule has 0 radical (unpaired) electrons. The Morgan fingerprint density at radius 1 is 1.48 bits per heavy atom. The number of carbonyl (C=O) groups excluding carboxylic acids is 1. The number of carboxylic acids is 1. The van der Waals surface area contributed by atoms with Gasteiger partial charge in [-0.2, -0.15) is 0 Å². The Morgan fingerprint density at radius 3 is 2.86 bits per heavy atom. The van der Waals surface area contributed by atoms with Crippen LogP contribution in [-0.2, 0) is 4.79 Å². The maximum atomic E-state index is 12.4. The van der Waals surface area contributed by atoms with Crippen molar-refractivity contribution < 1.29 is 19.4 Å². The van der Waals surface area contributed by atoms with Crippen molar-refractivity contribution in [3.63, 3.8) is 0 Å². The number of hydrogen-bond acceptors (Lipinski definition) is 3. The first-order valence-electron chi connectivity index (χ1n) is 7.00. The summed E-state index contributed by atoms with van der Waals surface area (Å²) in [6, 6.07) is 4.06. The van der Waals surface area contributed by atoms with Crippen LogP contribution in [0, 0.1) is 0 Å². The van der Waals surface area contributed by atoms with Crippen molar-refractivity contribution in [2.45, 2.75) is 32.2 Å². The molecule has 1 aromatic rings. The molecule has 5 nitrogen and oxygen atoms in total. The van der Waals surface area contributed by atoms with Gasteiger partial charge < -0.3 is 14.7 Å². The molecule has 1 aliphatic rings. The predicted octanol–water partition coefficient (Wildman–Crippen LogP) is 2.82. The second kappa shape index (κ2) is 6.80. The van der Waals surface area contributed by atoms with Gasteiger partial charge in [0, 0.05) is 12.1 Å². The van der Waals surface area contributed by atoms with Gasteiger partial charge in [0.15, 0.2) is 0 Å². The van der Waals surface area contributed by atoms with Gasteiger partial charge in [-0.05, 0) is 37.5 Å². The molecular weight excluding hydrogens is 294 g/mol. The Labute approximate surface area is 128 Å². The molecule has 0 aliphatic carbocycles. The van der Waals surface area contributed by atoms with E-state index < -0.39 is 12.0 Å². The first kappa shape index (κ1) is 15.6. The molecule has 2 rings (SSSR count). The summed E-state index contributed by atoms with van der Waals surface area (Å²) in [5, 5.41) is 9.50. The van der Waals surface area contributed by atoms with Crippen molar-refractivity contribution in [1.82, 2.24) is 4.90 Å². The third kappa shape index (κ3) is 3.47. The summed E-state index contributed by atoms with van der Waals surface area (Å²) in [6.07, 6.45) is 2.06. The summed E-state index contributed by atoms with van der Waals surface area (Å²) in [6.45, 7) is 3.01. The topological polar surface area (TPSA) is 66.8 Å². The van der Waals surface area contributed by atoms with Crippen molar-refractivity contribution in [3.8, 4) is 5.75 Å². The van der Waals surface area contributed by atoms with Crippen LogP contribution in [0.15, 0.2) is 18.2 Å². The van der Waals surface area contributed by atoms with Crippen LogP contribution in [-0.4, -0.2) is 41.1 Å². The minimum Gasteiger partial charge on any atom is -0.492 e. The van der Waals surface area contributed by atoms with E-state index in [9.17, 15) is 9.59 Å². The van der Waals surface area contributed by atoms with Crippen molar-refractivity contribution in [1.29, 1.82) is 0 Å². The summed E-state index contributed by atoms with van der Waals surface area (Å²) in [4.78, 5) is 24.9. The van der Waals surface area contributed by atoms with Crippen molar-refractivity contribution in [3.05, 3.63) is 28.8 Å². The summed E-state index contributed by atoms with van der Waals surface area (Å²) >= 11 is 6.10. The van der Waals surface area contributed by atoms with Crippen molar-refractivity contribution in [2.24, 2.45) is 0 Å². The van der Waals surface area contributed by atoms with E-state index in [1.54, 1.807) is 12.1 Å². The Morgan fingerprint density at radius 2 is 2.24 bits per heavy atom. The van der Waals surface area contributed by atoms with Gasteiger partial charge >= 0.3 is 5.97 Å². The number of halogens is 1. The molecule has 0 spiro atoms. The van der Waals surface area contributed by atoms with Crippen LogP contribution in [0.1, 0.15) is 36.5 Å². The fourth-order valence-electron chi connectivity index (χ4n) is 2.40. The minimum absolute atomic E-state index is 0.302. The highest BCUT2D eigenvalue weighted by Gasteiger charge is 2.34. The standard InChI is InChI=1S/C15H18ClNO4/c1-2-8-21-13-6-5-10(9-11(13)16)14(18)17-7-3-4-12(17)15(19)20/h5-6,9,12H,2-4,7-8H2,1H3,(H,19,20). The summed E-state index contributed by atoms with van der Waals surface area (Å²) in [7, 11) is 0. The highest BCUT2D eigenvalue weighted by Crippen LogP contribution is 2.27. The van der Waals surface area contributed by atoms with Crippen LogP contribution in [0.4, 0.5) is 0 Å². The molecule has 0 saturated carbocycles. The third-order valence-corrected chi connectivity index (χ3v) is 3.73. The largest absolute Gasteiger partial charge is 0.492 e. The lowest BCUT2D eigenvalue weighted by atomic mass is 10.1. The maximum Gasteiger partial charge on any atom is 0.326 e. The molecule has 6 heteroatoms. The molecule has 1 atom stereocenters. The molecule has 1 unspecified atom stereocenters. The van der Waals surface area contributed by atoms with E-state index in [2.05, 4.69) is 0 Å². The van der Waals surface area contributed by atoms with Gasteiger partial charge in [0.25, 0.3) is 5.91 Å². The molecule has 114 valence electrons. The molecule has 1 amide bonds. The molecule has 0 bridgehead atoms. The Hall–Kier alpha value is -1.75. The van der Waals surface area contributed by atoms with Crippen LogP contribution in [0.25, 0.3) is 0 Å². The van der Waals surface area contributed by atoms with Gasteiger partial charge in [0.2, 0.25) is 0 Å². The number of rotatable bonds is 5. The number of amides is 1. The fourth-order valence-corrected chi connectivity index (χ4v) is 2.63. The van der Waals surface area contributed by atoms with Crippen LogP contribution in [0.2, 0.25) is 5.02 Å². The number of benzene rings is 1. The van der Waals surface area contributed by atoms with E-state index in [4.69, 9.17) is 21.4 Å². The van der Waals surface area contributed by atoms with Crippen LogP contribution in [0.5, 0.6) is 5.75 Å². The molecule has 1 aromatic carbocycles. The lowest BCUT2D eigenvalue weighted by Gasteiger charge is -2.21. The Bertz CT molecular complexity index is 546. The lowest BCUT2D eigenvalue weighted by Crippen LogP contribution is -2.40. The highest BCUT2D eigenvalue weighted by molar-refractivity contribution is 6.32. The Kier molecular flexibility index (Phi) is 5.07. The average Bonchev–Trinajstić information content (AvgIpc) is 2.94. The van der Waals surface area contributed by atoms with E-state index in [0.717, 1.165) is 6.42 Å². The SMILES string of the molecule is CCCOc1ccc(C(=O)N2CCCC2C(=O)O)cc1Cl. The van der Waals surface area contributed by atoms with Gasteiger partial charge in [0.1, 0.15) is 11.8 Å². The van der Waals surface area contributed by atoms with Crippen LogP contribution in [0.3, 0.4) is 0 Å². The van der Waals surface area contributed by atoms with E-state index >= 15 is 0 Å². The van der Waals surface area contributed by atoms with Gasteiger partial charge in [-0.3, -0.25) is 4.79 Å². The van der Waals surface area contributed by atoms with Crippen molar-refractivity contribution in [2.75, 3.05) is 13.2 Å². The van der Waals surface area contributed by atoms with Gasteiger partial charge in [-0.1, -0.05) is 18.5 Å². The van der Waals surface area contributed by atoms with E-state index in [0.29, 0.717) is 42.3 Å². The number of carboxylic acid groups (broad SMARTS) is 1. The number of carbonyl (C=O) groups is 2. The zero-order chi connectivity index (χ0) is 15.4. The zero-order valence-electron chi connectivity index (χ0n) is 11.8. The number of ether oxygens (including phenoxy) is 1. The van der Waals surface area contributed by atoms with Gasteiger partial charge in [0.05, 0.1) is 11.6 Å². The predicted molar refractivity (Wildman–Crippen MR) is 78.9 cm³/mol. The first-order chi connectivity index (χ1) is 10.0. The summed E-state index contributed by atoms with van der Waals surface area (Å²) in [5.74, 6) is -0.732. The molecule has 1 aliphatic heterocycles. The second-order valence-electron chi connectivity index (χ2n) is 4.99. The Balaban J connectivity index is 2.16. The smallest absolute Gasteiger partial charge is 0.326 e. The molecule has 1 heterocycles. The normalized spacial score (nSPS) is 17.8. The van der Waals surface area contributed by atoms with Crippen LogP contribution >= 0.6 is 11.6 Å². The maximum absolute atomic E-state index is 12.4. The van der Waals surface area contributed by atoms with E-state index in [1.807, 2.05) is 6.92 Å². The van der Waals surface area contributed by atoms with Gasteiger partial charge in [-0.25, -0.2) is 4.79 Å². The zero-order valence-corrected chi connectivity index (χ0v) is 12.6. The molecule has 0 aromatic heterocycles. The molecule has 1 N–H and O–H groups in total. The quantitative estimate of drug-likeness (QED) is 0.908. The lowest BCUT2D eigenvalue weighted by molar-refractivity contribution is -0.141. The third-order valence-electron chi connectivity index (χ3n) is 3.44.